The second kappa shape index (κ2) is 8.86. The van der Waals surface area contributed by atoms with Crippen LogP contribution in [-0.2, 0) is 0 Å². The molecule has 1 fully saturated rings. The van der Waals surface area contributed by atoms with E-state index in [4.69, 9.17) is 11.1 Å². The van der Waals surface area contributed by atoms with Crippen molar-refractivity contribution in [2.75, 3.05) is 11.1 Å². The van der Waals surface area contributed by atoms with Gasteiger partial charge in [0.15, 0.2) is 0 Å². The minimum atomic E-state index is -0.602. The summed E-state index contributed by atoms with van der Waals surface area (Å²) in [5.74, 6) is -0.364. The summed E-state index contributed by atoms with van der Waals surface area (Å²) in [5.41, 5.74) is 6.41. The predicted molar refractivity (Wildman–Crippen MR) is 130 cm³/mol. The molecule has 4 aromatic rings. The van der Waals surface area contributed by atoms with Crippen molar-refractivity contribution in [2.45, 2.75) is 38.3 Å². The largest absolute Gasteiger partial charge is 0.383 e. The van der Waals surface area contributed by atoms with Gasteiger partial charge in [-0.25, -0.2) is 23.7 Å². The summed E-state index contributed by atoms with van der Waals surface area (Å²) in [6.45, 7) is 1.80. The van der Waals surface area contributed by atoms with E-state index in [2.05, 4.69) is 20.3 Å². The summed E-state index contributed by atoms with van der Waals surface area (Å²) >= 11 is 0. The number of nitrogens with one attached hydrogen (secondary N) is 2. The van der Waals surface area contributed by atoms with Crippen LogP contribution in [0.4, 0.5) is 20.4 Å². The van der Waals surface area contributed by atoms with Gasteiger partial charge in [-0.1, -0.05) is 18.2 Å². The molecule has 0 aliphatic heterocycles. The average Bonchev–Trinajstić information content (AvgIpc) is 2.79. The molecule has 1 atom stereocenters. The van der Waals surface area contributed by atoms with Gasteiger partial charge < -0.3 is 11.1 Å². The summed E-state index contributed by atoms with van der Waals surface area (Å²) in [6.07, 6.45) is 3.84. The second-order valence-electron chi connectivity index (χ2n) is 8.60. The summed E-state index contributed by atoms with van der Waals surface area (Å²) in [4.78, 5) is 26.3. The van der Waals surface area contributed by atoms with Crippen LogP contribution in [0.25, 0.3) is 10.9 Å². The molecule has 8 nitrogen and oxygen atoms in total. The molecule has 2 aromatic heterocycles. The second-order valence-corrected chi connectivity index (χ2v) is 8.60. The van der Waals surface area contributed by atoms with Gasteiger partial charge in [0.1, 0.15) is 40.8 Å². The van der Waals surface area contributed by atoms with E-state index in [1.165, 1.54) is 36.7 Å². The van der Waals surface area contributed by atoms with E-state index in [0.29, 0.717) is 11.4 Å². The molecule has 4 N–H and O–H groups in total. The molecule has 5 rings (SSSR count). The maximum Gasteiger partial charge on any atom is 0.264 e. The zero-order valence-electron chi connectivity index (χ0n) is 18.9. The summed E-state index contributed by atoms with van der Waals surface area (Å²) in [5, 5.41) is 11.8. The lowest BCUT2D eigenvalue weighted by molar-refractivity contribution is 0.294. The van der Waals surface area contributed by atoms with E-state index in [1.807, 2.05) is 0 Å². The first-order valence-corrected chi connectivity index (χ1v) is 11.3. The van der Waals surface area contributed by atoms with Crippen LogP contribution in [0.15, 0.2) is 53.6 Å². The third-order valence-electron chi connectivity index (χ3n) is 6.33. The molecule has 0 saturated heterocycles. The number of hydrogen-bond donors (Lipinski definition) is 3. The number of hydrogen-bond acceptors (Lipinski definition) is 7. The lowest BCUT2D eigenvalue weighted by Gasteiger charge is -2.31. The predicted octanol–water partition coefficient (Wildman–Crippen LogP) is 4.36. The van der Waals surface area contributed by atoms with Gasteiger partial charge in [-0.15, -0.1) is 0 Å². The Morgan fingerprint density at radius 2 is 1.97 bits per heavy atom. The Hall–Kier alpha value is -4.21. The van der Waals surface area contributed by atoms with Crippen LogP contribution in [-0.4, -0.2) is 25.2 Å². The first kappa shape index (κ1) is 22.6. The fraction of sp³-hybridized carbons (Fsp3) is 0.240. The van der Waals surface area contributed by atoms with Crippen LogP contribution < -0.4 is 16.6 Å². The number of benzene rings is 2. The Kier molecular flexibility index (Phi) is 5.72. The minimum absolute atomic E-state index is 0.0322. The fourth-order valence-electron chi connectivity index (χ4n) is 4.34. The number of rotatable bonds is 6. The number of nitrogens with two attached hydrogens (primary N) is 1. The van der Waals surface area contributed by atoms with Gasteiger partial charge in [-0.3, -0.25) is 14.8 Å². The van der Waals surface area contributed by atoms with Crippen LogP contribution in [0.1, 0.15) is 55.2 Å². The molecule has 0 spiro atoms. The van der Waals surface area contributed by atoms with E-state index in [0.717, 1.165) is 19.3 Å². The molecule has 2 heterocycles. The Morgan fingerprint density at radius 3 is 2.69 bits per heavy atom. The van der Waals surface area contributed by atoms with E-state index in [1.54, 1.807) is 23.6 Å². The SMILES string of the molecule is CC(Nc1ncnc(N)c1C(=N)c1cccc(F)c1)c1nc2cccc(F)c2c(=O)n1C1CCC1. The summed E-state index contributed by atoms with van der Waals surface area (Å²) < 4.78 is 29.9. The highest BCUT2D eigenvalue weighted by molar-refractivity contribution is 6.16. The molecule has 0 radical (unpaired) electrons. The van der Waals surface area contributed by atoms with Gasteiger partial charge in [-0.2, -0.15) is 0 Å². The van der Waals surface area contributed by atoms with Gasteiger partial charge in [0.2, 0.25) is 0 Å². The molecule has 0 bridgehead atoms. The molecule has 1 unspecified atom stereocenters. The van der Waals surface area contributed by atoms with Crippen molar-refractivity contribution in [1.29, 1.82) is 5.41 Å². The fourth-order valence-corrected chi connectivity index (χ4v) is 4.34. The van der Waals surface area contributed by atoms with Crippen LogP contribution in [0, 0.1) is 17.0 Å². The highest BCUT2D eigenvalue weighted by Crippen LogP contribution is 2.34. The zero-order valence-corrected chi connectivity index (χ0v) is 18.9. The van der Waals surface area contributed by atoms with Crippen molar-refractivity contribution in [3.63, 3.8) is 0 Å². The molecule has 2 aromatic carbocycles. The summed E-state index contributed by atoms with van der Waals surface area (Å²) in [6, 6.07) is 9.38. The molecular formula is C25H23F2N7O. The van der Waals surface area contributed by atoms with Crippen molar-refractivity contribution >= 4 is 28.3 Å². The van der Waals surface area contributed by atoms with Gasteiger partial charge in [0, 0.05) is 11.6 Å². The van der Waals surface area contributed by atoms with Crippen molar-refractivity contribution < 1.29 is 8.78 Å². The van der Waals surface area contributed by atoms with Crippen LogP contribution in [0.5, 0.6) is 0 Å². The number of nitrogen functional groups attached to an aromatic ring is 1. The van der Waals surface area contributed by atoms with Gasteiger partial charge in [0.05, 0.1) is 22.8 Å². The van der Waals surface area contributed by atoms with Crippen LogP contribution in [0.2, 0.25) is 0 Å². The van der Waals surface area contributed by atoms with Crippen LogP contribution in [0.3, 0.4) is 0 Å². The number of fused-ring (bicyclic) bond motifs is 1. The number of nitrogens with zero attached hydrogens (tertiary/aromatic N) is 4. The van der Waals surface area contributed by atoms with E-state index in [-0.39, 0.29) is 39.9 Å². The first-order valence-electron chi connectivity index (χ1n) is 11.3. The van der Waals surface area contributed by atoms with Gasteiger partial charge in [-0.05, 0) is 50.5 Å². The molecule has 1 saturated carbocycles. The highest BCUT2D eigenvalue weighted by atomic mass is 19.1. The Labute approximate surface area is 199 Å². The van der Waals surface area contributed by atoms with Gasteiger partial charge in [0.25, 0.3) is 5.56 Å². The monoisotopic (exact) mass is 475 g/mol. The van der Waals surface area contributed by atoms with Crippen molar-refractivity contribution in [3.05, 3.63) is 87.7 Å². The molecule has 10 heteroatoms. The minimum Gasteiger partial charge on any atom is -0.383 e. The average molecular weight is 476 g/mol. The Morgan fingerprint density at radius 1 is 1.20 bits per heavy atom. The maximum atomic E-state index is 14.5. The van der Waals surface area contributed by atoms with Crippen molar-refractivity contribution in [3.8, 4) is 0 Å². The highest BCUT2D eigenvalue weighted by Gasteiger charge is 2.28. The number of anilines is 2. The topological polar surface area (TPSA) is 123 Å². The molecule has 1 aliphatic carbocycles. The first-order chi connectivity index (χ1) is 16.8. The summed E-state index contributed by atoms with van der Waals surface area (Å²) in [7, 11) is 0. The molecule has 0 amide bonds. The van der Waals surface area contributed by atoms with E-state index < -0.39 is 23.2 Å². The van der Waals surface area contributed by atoms with E-state index in [9.17, 15) is 13.6 Å². The molecule has 35 heavy (non-hydrogen) atoms. The molecular weight excluding hydrogens is 452 g/mol. The third-order valence-corrected chi connectivity index (χ3v) is 6.33. The smallest absolute Gasteiger partial charge is 0.264 e. The lowest BCUT2D eigenvalue weighted by Crippen LogP contribution is -2.35. The quantitative estimate of drug-likeness (QED) is 0.356. The Bertz CT molecular complexity index is 1510. The van der Waals surface area contributed by atoms with E-state index >= 15 is 0 Å². The molecule has 1 aliphatic rings. The number of halogens is 2. The van der Waals surface area contributed by atoms with Crippen molar-refractivity contribution in [2.24, 2.45) is 0 Å². The lowest BCUT2D eigenvalue weighted by atomic mass is 9.92. The maximum absolute atomic E-state index is 14.5. The standard InChI is InChI=1S/C25H23F2N7O/c1-13(24-33-18-10-4-9-17(27)19(18)25(35)34(24)16-7-3-8-16)32-23-20(22(29)30-12-31-23)21(28)14-5-2-6-15(26)11-14/h2,4-6,9-13,16,28H,3,7-8H2,1H3,(H3,29,30,31,32). The van der Waals surface area contributed by atoms with Crippen LogP contribution >= 0.6 is 0 Å². The Balaban J connectivity index is 1.59. The normalized spacial score (nSPS) is 14.5. The zero-order chi connectivity index (χ0) is 24.7. The van der Waals surface area contributed by atoms with Gasteiger partial charge >= 0.3 is 0 Å². The number of aromatic nitrogens is 4. The van der Waals surface area contributed by atoms with Crippen molar-refractivity contribution in [1.82, 2.24) is 19.5 Å². The molecule has 178 valence electrons. The third kappa shape index (κ3) is 4.01.